The Morgan fingerprint density at radius 2 is 1.75 bits per heavy atom. The Kier molecular flexibility index (Phi) is 5.85. The highest BCUT2D eigenvalue weighted by Gasteiger charge is 2.43. The van der Waals surface area contributed by atoms with Gasteiger partial charge in [-0.2, -0.15) is 18.2 Å². The maximum absolute atomic E-state index is 13.6. The van der Waals surface area contributed by atoms with Gasteiger partial charge in [0.2, 0.25) is 5.95 Å². The molecule has 2 heterocycles. The number of fused-ring (bicyclic) bond motifs is 1. The highest BCUT2D eigenvalue weighted by atomic mass is 19.4. The zero-order valence-corrected chi connectivity index (χ0v) is 19.7. The molecule has 3 aromatic rings. The van der Waals surface area contributed by atoms with Crippen LogP contribution < -0.4 is 19.5 Å². The van der Waals surface area contributed by atoms with Gasteiger partial charge in [-0.25, -0.2) is 4.68 Å². The van der Waals surface area contributed by atoms with E-state index >= 15 is 0 Å². The lowest BCUT2D eigenvalue weighted by Gasteiger charge is -2.35. The van der Waals surface area contributed by atoms with Gasteiger partial charge in [0.05, 0.1) is 21.3 Å². The van der Waals surface area contributed by atoms with E-state index in [0.29, 0.717) is 40.5 Å². The fraction of sp³-hybridized carbons (Fsp3) is 0.320. The van der Waals surface area contributed by atoms with Crippen LogP contribution >= 0.6 is 0 Å². The van der Waals surface area contributed by atoms with Crippen molar-refractivity contribution in [2.24, 2.45) is 0 Å². The fourth-order valence-electron chi connectivity index (χ4n) is 4.79. The standard InChI is InChI=1S/C25H23F3N4O4/c1-34-16-6-4-5-14(9-16)22-21-17(29-24-30-23(25(26,27)28)31-32(22)24)10-15(11-18(21)33)13-7-8-19(35-2)20(12-13)36-3/h4-9,12,15,22H,10-11H2,1-3H3,(H,29,30,31)/t15-,22-/m0/s1. The van der Waals surface area contributed by atoms with Gasteiger partial charge in [-0.05, 0) is 47.7 Å². The fourth-order valence-corrected chi connectivity index (χ4v) is 4.79. The number of ether oxygens (including phenoxy) is 3. The van der Waals surface area contributed by atoms with Gasteiger partial charge in [-0.15, -0.1) is 5.10 Å². The third-order valence-electron chi connectivity index (χ3n) is 6.46. The number of aromatic nitrogens is 3. The summed E-state index contributed by atoms with van der Waals surface area (Å²) in [5.74, 6) is -0.154. The molecule has 0 amide bonds. The van der Waals surface area contributed by atoms with E-state index < -0.39 is 18.0 Å². The first-order chi connectivity index (χ1) is 17.2. The minimum Gasteiger partial charge on any atom is -0.497 e. The van der Waals surface area contributed by atoms with Crippen LogP contribution in [0.5, 0.6) is 17.2 Å². The van der Waals surface area contributed by atoms with Crippen molar-refractivity contribution in [3.63, 3.8) is 0 Å². The van der Waals surface area contributed by atoms with Crippen LogP contribution in [0.15, 0.2) is 53.7 Å². The van der Waals surface area contributed by atoms with Crippen molar-refractivity contribution < 1.29 is 32.2 Å². The molecule has 1 aromatic heterocycles. The van der Waals surface area contributed by atoms with Gasteiger partial charge in [0.15, 0.2) is 17.3 Å². The molecule has 11 heteroatoms. The molecule has 0 saturated carbocycles. The SMILES string of the molecule is COc1cccc([C@H]2C3=C(C[C@H](c4ccc(OC)c(OC)c4)CC3=O)Nc3nc(C(F)(F)F)nn32)c1. The van der Waals surface area contributed by atoms with E-state index in [0.717, 1.165) is 10.2 Å². The second-order valence-corrected chi connectivity index (χ2v) is 8.54. The largest absolute Gasteiger partial charge is 0.497 e. The summed E-state index contributed by atoms with van der Waals surface area (Å²) in [7, 11) is 4.56. The van der Waals surface area contributed by atoms with E-state index in [-0.39, 0.29) is 24.1 Å². The van der Waals surface area contributed by atoms with Crippen LogP contribution in [0, 0.1) is 0 Å². The van der Waals surface area contributed by atoms with Gasteiger partial charge < -0.3 is 19.5 Å². The molecule has 2 atom stereocenters. The molecule has 188 valence electrons. The van der Waals surface area contributed by atoms with Gasteiger partial charge >= 0.3 is 6.18 Å². The first kappa shape index (κ1) is 23.7. The number of allylic oxidation sites excluding steroid dienone is 2. The Hall–Kier alpha value is -4.02. The van der Waals surface area contributed by atoms with Crippen molar-refractivity contribution >= 4 is 11.7 Å². The summed E-state index contributed by atoms with van der Waals surface area (Å²) < 4.78 is 57.6. The van der Waals surface area contributed by atoms with Gasteiger partial charge in [-0.3, -0.25) is 4.79 Å². The second kappa shape index (κ2) is 8.89. The number of nitrogens with one attached hydrogen (secondary N) is 1. The molecular formula is C25H23F3N4O4. The molecule has 0 unspecified atom stereocenters. The predicted octanol–water partition coefficient (Wildman–Crippen LogP) is 4.74. The topological polar surface area (TPSA) is 87.5 Å². The Morgan fingerprint density at radius 3 is 2.44 bits per heavy atom. The number of rotatable bonds is 5. The van der Waals surface area contributed by atoms with Gasteiger partial charge in [0.25, 0.3) is 5.82 Å². The summed E-state index contributed by atoms with van der Waals surface area (Å²) in [6.07, 6.45) is -4.17. The lowest BCUT2D eigenvalue weighted by molar-refractivity contribution is -0.145. The summed E-state index contributed by atoms with van der Waals surface area (Å²) in [5.41, 5.74) is 2.31. The van der Waals surface area contributed by atoms with Crippen LogP contribution in [-0.4, -0.2) is 41.9 Å². The number of anilines is 1. The molecule has 0 spiro atoms. The van der Waals surface area contributed by atoms with Gasteiger partial charge in [0, 0.05) is 17.7 Å². The summed E-state index contributed by atoms with van der Waals surface area (Å²) in [6.45, 7) is 0. The number of alkyl halides is 3. The Labute approximate surface area is 204 Å². The van der Waals surface area contributed by atoms with Crippen molar-refractivity contribution in [3.8, 4) is 17.2 Å². The highest BCUT2D eigenvalue weighted by molar-refractivity contribution is 6.00. The molecule has 0 bridgehead atoms. The number of nitrogens with zero attached hydrogens (tertiary/aromatic N) is 3. The van der Waals surface area contributed by atoms with Crippen LogP contribution in [0.25, 0.3) is 0 Å². The molecule has 2 aliphatic rings. The summed E-state index contributed by atoms with van der Waals surface area (Å²) in [5, 5.41) is 6.70. The lowest BCUT2D eigenvalue weighted by atomic mass is 9.78. The molecule has 36 heavy (non-hydrogen) atoms. The maximum atomic E-state index is 13.6. The number of halogens is 3. The number of hydrogen-bond acceptors (Lipinski definition) is 7. The number of carbonyl (C=O) groups excluding carboxylic acids is 1. The minimum absolute atomic E-state index is 0.0744. The molecule has 2 aromatic carbocycles. The van der Waals surface area contributed by atoms with Crippen molar-refractivity contribution in [1.82, 2.24) is 14.8 Å². The third kappa shape index (κ3) is 4.04. The van der Waals surface area contributed by atoms with E-state index in [4.69, 9.17) is 14.2 Å². The number of hydrogen-bond donors (Lipinski definition) is 1. The Balaban J connectivity index is 1.60. The predicted molar refractivity (Wildman–Crippen MR) is 123 cm³/mol. The summed E-state index contributed by atoms with van der Waals surface area (Å²) in [4.78, 5) is 17.3. The number of carbonyl (C=O) groups is 1. The number of ketones is 1. The van der Waals surface area contributed by atoms with Crippen LogP contribution in [0.1, 0.15) is 41.8 Å². The van der Waals surface area contributed by atoms with Crippen LogP contribution in [0.4, 0.5) is 19.1 Å². The number of benzene rings is 2. The molecule has 0 radical (unpaired) electrons. The molecule has 1 aliphatic heterocycles. The Morgan fingerprint density at radius 1 is 0.972 bits per heavy atom. The molecular weight excluding hydrogens is 477 g/mol. The Bertz CT molecular complexity index is 1370. The van der Waals surface area contributed by atoms with Crippen molar-refractivity contribution in [3.05, 3.63) is 70.7 Å². The smallest absolute Gasteiger partial charge is 0.453 e. The monoisotopic (exact) mass is 500 g/mol. The second-order valence-electron chi connectivity index (χ2n) is 8.54. The third-order valence-corrected chi connectivity index (χ3v) is 6.46. The quantitative estimate of drug-likeness (QED) is 0.542. The molecule has 1 N–H and O–H groups in total. The first-order valence-corrected chi connectivity index (χ1v) is 11.2. The summed E-state index contributed by atoms with van der Waals surface area (Å²) in [6, 6.07) is 11.4. The van der Waals surface area contributed by atoms with Gasteiger partial charge in [-0.1, -0.05) is 18.2 Å². The lowest BCUT2D eigenvalue weighted by Crippen LogP contribution is -2.33. The van der Waals surface area contributed by atoms with Crippen LogP contribution in [-0.2, 0) is 11.0 Å². The molecule has 1 aliphatic carbocycles. The molecule has 8 nitrogen and oxygen atoms in total. The number of methoxy groups -OCH3 is 3. The first-order valence-electron chi connectivity index (χ1n) is 11.2. The van der Waals surface area contributed by atoms with E-state index in [2.05, 4.69) is 15.4 Å². The molecule has 0 fully saturated rings. The molecule has 0 saturated heterocycles. The minimum atomic E-state index is -4.74. The van der Waals surface area contributed by atoms with Crippen LogP contribution in [0.3, 0.4) is 0 Å². The molecule has 5 rings (SSSR count). The van der Waals surface area contributed by atoms with E-state index in [1.807, 2.05) is 12.1 Å². The zero-order chi connectivity index (χ0) is 25.6. The number of Topliss-reactive ketones (excluding diaryl/α,β-unsaturated/α-hetero) is 1. The van der Waals surface area contributed by atoms with Crippen molar-refractivity contribution in [2.45, 2.75) is 31.0 Å². The van der Waals surface area contributed by atoms with Gasteiger partial charge in [0.1, 0.15) is 11.8 Å². The highest BCUT2D eigenvalue weighted by Crippen LogP contribution is 2.46. The maximum Gasteiger partial charge on any atom is 0.453 e. The van der Waals surface area contributed by atoms with E-state index in [9.17, 15) is 18.0 Å². The van der Waals surface area contributed by atoms with Crippen molar-refractivity contribution in [1.29, 1.82) is 0 Å². The normalized spacial score (nSPS) is 19.3. The summed E-state index contributed by atoms with van der Waals surface area (Å²) >= 11 is 0. The average Bonchev–Trinajstić information content (AvgIpc) is 3.31. The van der Waals surface area contributed by atoms with E-state index in [1.54, 1.807) is 30.3 Å². The van der Waals surface area contributed by atoms with Crippen molar-refractivity contribution in [2.75, 3.05) is 26.6 Å². The average molecular weight is 500 g/mol. The van der Waals surface area contributed by atoms with E-state index in [1.165, 1.54) is 21.3 Å². The van der Waals surface area contributed by atoms with Crippen LogP contribution in [0.2, 0.25) is 0 Å². The zero-order valence-electron chi connectivity index (χ0n) is 19.7.